The average molecular weight is 214 g/mol. The van der Waals surface area contributed by atoms with Crippen LogP contribution in [0.1, 0.15) is 47.0 Å². The third-order valence-corrected chi connectivity index (χ3v) is 2.99. The molecule has 0 radical (unpaired) electrons. The molecule has 3 unspecified atom stereocenters. The molecular formula is C12H26N2O. The van der Waals surface area contributed by atoms with Gasteiger partial charge in [0.25, 0.3) is 0 Å². The van der Waals surface area contributed by atoms with E-state index >= 15 is 0 Å². The van der Waals surface area contributed by atoms with E-state index in [1.54, 1.807) is 0 Å². The summed E-state index contributed by atoms with van der Waals surface area (Å²) in [6.45, 7) is 8.89. The molecule has 3 atom stereocenters. The maximum atomic E-state index is 11.7. The van der Waals surface area contributed by atoms with Crippen molar-refractivity contribution in [2.75, 3.05) is 6.54 Å². The van der Waals surface area contributed by atoms with Crippen LogP contribution in [0.3, 0.4) is 0 Å². The number of carbonyl (C=O) groups is 1. The molecule has 1 amide bonds. The third-order valence-electron chi connectivity index (χ3n) is 2.99. The summed E-state index contributed by atoms with van der Waals surface area (Å²) in [4.78, 5) is 11.7. The number of hydrogen-bond acceptors (Lipinski definition) is 2. The van der Waals surface area contributed by atoms with Gasteiger partial charge >= 0.3 is 0 Å². The summed E-state index contributed by atoms with van der Waals surface area (Å²) in [5.74, 6) is 0.749. The Morgan fingerprint density at radius 1 is 1.27 bits per heavy atom. The van der Waals surface area contributed by atoms with Crippen molar-refractivity contribution in [2.45, 2.75) is 53.0 Å². The van der Waals surface area contributed by atoms with E-state index in [4.69, 9.17) is 5.73 Å². The first kappa shape index (κ1) is 14.4. The minimum atomic E-state index is -0.0237. The molecule has 0 bridgehead atoms. The molecule has 0 aromatic heterocycles. The molecule has 0 aliphatic heterocycles. The number of nitrogens with two attached hydrogens (primary N) is 1. The fourth-order valence-electron chi connectivity index (χ4n) is 1.65. The van der Waals surface area contributed by atoms with Gasteiger partial charge in [-0.3, -0.25) is 4.79 Å². The zero-order chi connectivity index (χ0) is 11.8. The van der Waals surface area contributed by atoms with Gasteiger partial charge in [0.2, 0.25) is 5.91 Å². The van der Waals surface area contributed by atoms with Crippen molar-refractivity contribution in [1.82, 2.24) is 5.32 Å². The zero-order valence-electron chi connectivity index (χ0n) is 10.5. The van der Waals surface area contributed by atoms with Crippen molar-refractivity contribution in [1.29, 1.82) is 0 Å². The summed E-state index contributed by atoms with van der Waals surface area (Å²) in [5, 5.41) is 3.03. The van der Waals surface area contributed by atoms with E-state index in [9.17, 15) is 4.79 Å². The van der Waals surface area contributed by atoms with Crippen LogP contribution in [0, 0.1) is 11.8 Å². The first-order valence-corrected chi connectivity index (χ1v) is 6.05. The smallest absolute Gasteiger partial charge is 0.224 e. The maximum absolute atomic E-state index is 11.7. The van der Waals surface area contributed by atoms with Crippen LogP contribution in [0.4, 0.5) is 0 Å². The van der Waals surface area contributed by atoms with E-state index < -0.39 is 0 Å². The first-order chi connectivity index (χ1) is 7.04. The molecule has 0 aliphatic rings. The lowest BCUT2D eigenvalue weighted by Crippen LogP contribution is -2.40. The Kier molecular flexibility index (Phi) is 7.39. The molecule has 0 saturated heterocycles. The summed E-state index contributed by atoms with van der Waals surface area (Å²) < 4.78 is 0. The molecule has 0 spiro atoms. The number of rotatable bonds is 7. The summed E-state index contributed by atoms with van der Waals surface area (Å²) in [7, 11) is 0. The van der Waals surface area contributed by atoms with Gasteiger partial charge in [-0.2, -0.15) is 0 Å². The van der Waals surface area contributed by atoms with Crippen LogP contribution in [0.5, 0.6) is 0 Å². The number of amides is 1. The van der Waals surface area contributed by atoms with Gasteiger partial charge < -0.3 is 11.1 Å². The summed E-state index contributed by atoms with van der Waals surface area (Å²) >= 11 is 0. The number of hydrogen-bond donors (Lipinski definition) is 2. The molecule has 15 heavy (non-hydrogen) atoms. The molecule has 3 nitrogen and oxygen atoms in total. The first-order valence-electron chi connectivity index (χ1n) is 6.05. The van der Waals surface area contributed by atoms with Gasteiger partial charge in [0, 0.05) is 18.5 Å². The van der Waals surface area contributed by atoms with Crippen LogP contribution in [0.25, 0.3) is 0 Å². The molecule has 0 aliphatic carbocycles. The summed E-state index contributed by atoms with van der Waals surface area (Å²) in [6.07, 6.45) is 3.02. The molecule has 0 heterocycles. The predicted molar refractivity (Wildman–Crippen MR) is 64.5 cm³/mol. The lowest BCUT2D eigenvalue weighted by atomic mass is 9.99. The Bertz CT molecular complexity index is 178. The fourth-order valence-corrected chi connectivity index (χ4v) is 1.65. The Morgan fingerprint density at radius 3 is 2.27 bits per heavy atom. The number of nitrogens with one attached hydrogen (secondary N) is 1. The van der Waals surface area contributed by atoms with Crippen molar-refractivity contribution in [3.63, 3.8) is 0 Å². The van der Waals surface area contributed by atoms with Gasteiger partial charge in [0.1, 0.15) is 0 Å². The average Bonchev–Trinajstić information content (AvgIpc) is 2.19. The predicted octanol–water partition coefficient (Wildman–Crippen LogP) is 1.91. The lowest BCUT2D eigenvalue weighted by molar-refractivity contribution is -0.125. The molecule has 90 valence electrons. The van der Waals surface area contributed by atoms with E-state index in [2.05, 4.69) is 26.1 Å². The zero-order valence-corrected chi connectivity index (χ0v) is 10.5. The van der Waals surface area contributed by atoms with Gasteiger partial charge in [0.15, 0.2) is 0 Å². The normalized spacial score (nSPS) is 16.9. The molecule has 0 rings (SSSR count). The minimum absolute atomic E-state index is 0.0237. The van der Waals surface area contributed by atoms with Gasteiger partial charge in [-0.25, -0.2) is 0 Å². The van der Waals surface area contributed by atoms with Crippen molar-refractivity contribution < 1.29 is 4.79 Å². The highest BCUT2D eigenvalue weighted by Gasteiger charge is 2.17. The van der Waals surface area contributed by atoms with Crippen molar-refractivity contribution >= 4 is 5.91 Å². The number of carbonyl (C=O) groups excluding carboxylic acids is 1. The largest absolute Gasteiger partial charge is 0.353 e. The molecule has 0 aromatic rings. The van der Waals surface area contributed by atoms with Crippen LogP contribution in [0.15, 0.2) is 0 Å². The van der Waals surface area contributed by atoms with Crippen LogP contribution >= 0.6 is 0 Å². The van der Waals surface area contributed by atoms with Crippen molar-refractivity contribution in [3.05, 3.63) is 0 Å². The van der Waals surface area contributed by atoms with Gasteiger partial charge in [0.05, 0.1) is 0 Å². The van der Waals surface area contributed by atoms with Crippen LogP contribution in [-0.2, 0) is 4.79 Å². The molecule has 3 heteroatoms. The summed E-state index contributed by atoms with van der Waals surface area (Å²) in [6, 6.07) is 0.257. The quantitative estimate of drug-likeness (QED) is 0.680. The molecular weight excluding hydrogens is 188 g/mol. The molecule has 0 aromatic carbocycles. The van der Waals surface area contributed by atoms with Gasteiger partial charge in [-0.15, -0.1) is 0 Å². The van der Waals surface area contributed by atoms with E-state index in [0.29, 0.717) is 12.5 Å². The van der Waals surface area contributed by atoms with Crippen LogP contribution < -0.4 is 11.1 Å². The van der Waals surface area contributed by atoms with Gasteiger partial charge in [-0.05, 0) is 25.7 Å². The SMILES string of the molecule is CCC(C)CC(C)NC(=O)C(CC)CN. The highest BCUT2D eigenvalue weighted by Crippen LogP contribution is 2.10. The van der Waals surface area contributed by atoms with Crippen molar-refractivity contribution in [2.24, 2.45) is 17.6 Å². The maximum Gasteiger partial charge on any atom is 0.224 e. The van der Waals surface area contributed by atoms with E-state index in [1.807, 2.05) is 6.92 Å². The highest BCUT2D eigenvalue weighted by molar-refractivity contribution is 5.79. The third kappa shape index (κ3) is 5.78. The second kappa shape index (κ2) is 7.69. The van der Waals surface area contributed by atoms with Crippen LogP contribution in [0.2, 0.25) is 0 Å². The summed E-state index contributed by atoms with van der Waals surface area (Å²) in [5.41, 5.74) is 5.53. The van der Waals surface area contributed by atoms with Gasteiger partial charge in [-0.1, -0.05) is 27.2 Å². The Labute approximate surface area is 93.8 Å². The molecule has 0 saturated carbocycles. The lowest BCUT2D eigenvalue weighted by Gasteiger charge is -2.20. The second-order valence-corrected chi connectivity index (χ2v) is 4.50. The second-order valence-electron chi connectivity index (χ2n) is 4.50. The van der Waals surface area contributed by atoms with Crippen molar-refractivity contribution in [3.8, 4) is 0 Å². The van der Waals surface area contributed by atoms with E-state index in [-0.39, 0.29) is 17.9 Å². The minimum Gasteiger partial charge on any atom is -0.353 e. The van der Waals surface area contributed by atoms with E-state index in [0.717, 1.165) is 19.3 Å². The van der Waals surface area contributed by atoms with Crippen LogP contribution in [-0.4, -0.2) is 18.5 Å². The highest BCUT2D eigenvalue weighted by atomic mass is 16.1. The molecule has 3 N–H and O–H groups in total. The van der Waals surface area contributed by atoms with E-state index in [1.165, 1.54) is 0 Å². The Balaban J connectivity index is 3.94. The molecule has 0 fully saturated rings. The topological polar surface area (TPSA) is 55.1 Å². The monoisotopic (exact) mass is 214 g/mol. The Morgan fingerprint density at radius 2 is 1.87 bits per heavy atom. The standard InChI is InChI=1S/C12H26N2O/c1-5-9(3)7-10(4)14-12(15)11(6-2)8-13/h9-11H,5-8,13H2,1-4H3,(H,14,15). The fraction of sp³-hybridized carbons (Fsp3) is 0.917. The Hall–Kier alpha value is -0.570.